The van der Waals surface area contributed by atoms with Crippen molar-refractivity contribution in [2.75, 3.05) is 19.7 Å². The number of carboxylic acid groups (broad SMARTS) is 1. The van der Waals surface area contributed by atoms with Crippen molar-refractivity contribution in [2.45, 2.75) is 45.1 Å². The van der Waals surface area contributed by atoms with E-state index in [-0.39, 0.29) is 18.9 Å². The number of ether oxygens (including phenoxy) is 1. The number of likely N-dealkylation sites (tertiary alicyclic amines) is 1. The van der Waals surface area contributed by atoms with Gasteiger partial charge < -0.3 is 19.8 Å². The highest BCUT2D eigenvalue weighted by Gasteiger charge is 2.48. The summed E-state index contributed by atoms with van der Waals surface area (Å²) < 4.78 is 5.57. The average molecular weight is 347 g/mol. The SMILES string of the molecule is CCC[C@]1(C(=O)O)CCN(C(=O)c2ccc3c(c2)CCCO3)C[C@H]1O. The van der Waals surface area contributed by atoms with Crippen LogP contribution in [0.5, 0.6) is 5.75 Å². The van der Waals surface area contributed by atoms with Crippen molar-refractivity contribution in [2.24, 2.45) is 5.41 Å². The molecular formula is C19H25NO5. The highest BCUT2D eigenvalue weighted by molar-refractivity contribution is 5.95. The van der Waals surface area contributed by atoms with E-state index in [2.05, 4.69) is 0 Å². The molecule has 2 heterocycles. The normalized spacial score (nSPS) is 25.8. The molecule has 6 heteroatoms. The number of hydrogen-bond donors (Lipinski definition) is 2. The van der Waals surface area contributed by atoms with Gasteiger partial charge in [0, 0.05) is 18.7 Å². The fourth-order valence-electron chi connectivity index (χ4n) is 3.93. The Hall–Kier alpha value is -2.08. The Labute approximate surface area is 147 Å². The number of benzene rings is 1. The molecule has 1 amide bonds. The van der Waals surface area contributed by atoms with Gasteiger partial charge in [0.25, 0.3) is 5.91 Å². The number of carbonyl (C=O) groups excluding carboxylic acids is 1. The van der Waals surface area contributed by atoms with Crippen LogP contribution in [0.15, 0.2) is 18.2 Å². The van der Waals surface area contributed by atoms with Crippen LogP contribution in [0, 0.1) is 5.41 Å². The van der Waals surface area contributed by atoms with Gasteiger partial charge in [-0.15, -0.1) is 0 Å². The molecule has 0 bridgehead atoms. The molecule has 0 radical (unpaired) electrons. The first-order valence-electron chi connectivity index (χ1n) is 8.94. The van der Waals surface area contributed by atoms with Crippen molar-refractivity contribution in [3.8, 4) is 5.75 Å². The molecule has 2 N–H and O–H groups in total. The summed E-state index contributed by atoms with van der Waals surface area (Å²) >= 11 is 0. The third-order valence-corrected chi connectivity index (χ3v) is 5.42. The molecule has 136 valence electrons. The van der Waals surface area contributed by atoms with E-state index in [9.17, 15) is 19.8 Å². The van der Waals surface area contributed by atoms with Crippen LogP contribution in [0.1, 0.15) is 48.5 Å². The molecule has 6 nitrogen and oxygen atoms in total. The summed E-state index contributed by atoms with van der Waals surface area (Å²) in [6.07, 6.45) is 2.15. The number of rotatable bonds is 4. The molecule has 1 fully saturated rings. The standard InChI is InChI=1S/C19H25NO5/c1-2-7-19(18(23)24)8-9-20(12-16(19)21)17(22)14-5-6-15-13(11-14)4-3-10-25-15/h5-6,11,16,21H,2-4,7-10,12H2,1H3,(H,23,24)/t16-,19+/m1/s1. The minimum absolute atomic E-state index is 0.0543. The van der Waals surface area contributed by atoms with Crippen molar-refractivity contribution in [3.63, 3.8) is 0 Å². The lowest BCUT2D eigenvalue weighted by Crippen LogP contribution is -2.56. The highest BCUT2D eigenvalue weighted by Crippen LogP contribution is 2.37. The Balaban J connectivity index is 1.75. The maximum Gasteiger partial charge on any atom is 0.312 e. The Morgan fingerprint density at radius 1 is 1.40 bits per heavy atom. The molecule has 0 saturated carbocycles. The highest BCUT2D eigenvalue weighted by atomic mass is 16.5. The van der Waals surface area contributed by atoms with Gasteiger partial charge in [0.1, 0.15) is 5.75 Å². The van der Waals surface area contributed by atoms with E-state index >= 15 is 0 Å². The van der Waals surface area contributed by atoms with Gasteiger partial charge in [-0.2, -0.15) is 0 Å². The number of aliphatic hydroxyl groups excluding tert-OH is 1. The Kier molecular flexibility index (Phi) is 4.99. The summed E-state index contributed by atoms with van der Waals surface area (Å²) in [6, 6.07) is 5.42. The second-order valence-electron chi connectivity index (χ2n) is 7.00. The van der Waals surface area contributed by atoms with E-state index in [0.717, 1.165) is 24.2 Å². The number of carbonyl (C=O) groups is 2. The van der Waals surface area contributed by atoms with E-state index in [4.69, 9.17) is 4.74 Å². The average Bonchev–Trinajstić information content (AvgIpc) is 2.62. The van der Waals surface area contributed by atoms with Crippen LogP contribution in [0.4, 0.5) is 0 Å². The summed E-state index contributed by atoms with van der Waals surface area (Å²) in [7, 11) is 0. The number of piperidine rings is 1. The molecular weight excluding hydrogens is 322 g/mol. The van der Waals surface area contributed by atoms with E-state index in [1.165, 1.54) is 0 Å². The van der Waals surface area contributed by atoms with E-state index in [1.54, 1.807) is 11.0 Å². The molecule has 0 spiro atoms. The lowest BCUT2D eigenvalue weighted by Gasteiger charge is -2.42. The molecule has 1 aromatic rings. The van der Waals surface area contributed by atoms with Gasteiger partial charge in [-0.1, -0.05) is 13.3 Å². The van der Waals surface area contributed by atoms with Gasteiger partial charge in [-0.05, 0) is 49.4 Å². The van der Waals surface area contributed by atoms with Crippen LogP contribution in [0.3, 0.4) is 0 Å². The van der Waals surface area contributed by atoms with Crippen LogP contribution in [0.25, 0.3) is 0 Å². The van der Waals surface area contributed by atoms with Crippen LogP contribution in [0.2, 0.25) is 0 Å². The van der Waals surface area contributed by atoms with Gasteiger partial charge >= 0.3 is 5.97 Å². The van der Waals surface area contributed by atoms with Gasteiger partial charge in [0.05, 0.1) is 18.1 Å². The van der Waals surface area contributed by atoms with Crippen molar-refractivity contribution in [1.29, 1.82) is 0 Å². The number of aliphatic carboxylic acids is 1. The molecule has 2 aliphatic rings. The lowest BCUT2D eigenvalue weighted by molar-refractivity contribution is -0.162. The number of nitrogens with zero attached hydrogens (tertiary/aromatic N) is 1. The molecule has 1 saturated heterocycles. The predicted octanol–water partition coefficient (Wildman–Crippen LogP) is 2.09. The summed E-state index contributed by atoms with van der Waals surface area (Å²) in [5.74, 6) is -0.308. The van der Waals surface area contributed by atoms with Gasteiger partial charge in [-0.3, -0.25) is 9.59 Å². The van der Waals surface area contributed by atoms with Crippen LogP contribution >= 0.6 is 0 Å². The number of fused-ring (bicyclic) bond motifs is 1. The maximum absolute atomic E-state index is 12.8. The topological polar surface area (TPSA) is 87.1 Å². The molecule has 0 aliphatic carbocycles. The molecule has 3 rings (SSSR count). The summed E-state index contributed by atoms with van der Waals surface area (Å²) in [5.41, 5.74) is 0.449. The molecule has 2 atom stereocenters. The third kappa shape index (κ3) is 3.23. The summed E-state index contributed by atoms with van der Waals surface area (Å²) in [4.78, 5) is 26.1. The van der Waals surface area contributed by atoms with Crippen LogP contribution in [-0.4, -0.2) is 52.8 Å². The second kappa shape index (κ2) is 7.04. The number of amides is 1. The predicted molar refractivity (Wildman–Crippen MR) is 91.8 cm³/mol. The minimum Gasteiger partial charge on any atom is -0.493 e. The second-order valence-corrected chi connectivity index (χ2v) is 7.00. The monoisotopic (exact) mass is 347 g/mol. The number of carboxylic acids is 1. The zero-order chi connectivity index (χ0) is 18.0. The Morgan fingerprint density at radius 3 is 2.88 bits per heavy atom. The zero-order valence-corrected chi connectivity index (χ0v) is 14.5. The first kappa shape index (κ1) is 17.7. The van der Waals surface area contributed by atoms with Crippen LogP contribution in [-0.2, 0) is 11.2 Å². The van der Waals surface area contributed by atoms with E-state index < -0.39 is 17.5 Å². The van der Waals surface area contributed by atoms with E-state index in [1.807, 2.05) is 19.1 Å². The van der Waals surface area contributed by atoms with Crippen molar-refractivity contribution >= 4 is 11.9 Å². The van der Waals surface area contributed by atoms with Gasteiger partial charge in [-0.25, -0.2) is 0 Å². The Bertz CT molecular complexity index is 674. The fourth-order valence-corrected chi connectivity index (χ4v) is 3.93. The Morgan fingerprint density at radius 2 is 2.20 bits per heavy atom. The van der Waals surface area contributed by atoms with Crippen LogP contribution < -0.4 is 4.74 Å². The third-order valence-electron chi connectivity index (χ3n) is 5.42. The van der Waals surface area contributed by atoms with Crippen molar-refractivity contribution in [3.05, 3.63) is 29.3 Å². The zero-order valence-electron chi connectivity index (χ0n) is 14.5. The fraction of sp³-hybridized carbons (Fsp3) is 0.579. The van der Waals surface area contributed by atoms with Gasteiger partial charge in [0.15, 0.2) is 0 Å². The quantitative estimate of drug-likeness (QED) is 0.871. The lowest BCUT2D eigenvalue weighted by atomic mass is 9.72. The molecule has 1 aromatic carbocycles. The smallest absolute Gasteiger partial charge is 0.312 e. The number of aliphatic hydroxyl groups is 1. The maximum atomic E-state index is 12.8. The minimum atomic E-state index is -1.14. The van der Waals surface area contributed by atoms with E-state index in [0.29, 0.717) is 31.6 Å². The summed E-state index contributed by atoms with van der Waals surface area (Å²) in [6.45, 7) is 3.01. The van der Waals surface area contributed by atoms with Crippen molar-refractivity contribution < 1.29 is 24.5 Å². The summed E-state index contributed by atoms with van der Waals surface area (Å²) in [5, 5.41) is 20.1. The molecule has 25 heavy (non-hydrogen) atoms. The molecule has 0 unspecified atom stereocenters. The number of aryl methyl sites for hydroxylation is 1. The first-order chi connectivity index (χ1) is 12.0. The van der Waals surface area contributed by atoms with Gasteiger partial charge in [0.2, 0.25) is 0 Å². The molecule has 2 aliphatic heterocycles. The first-order valence-corrected chi connectivity index (χ1v) is 8.94. The number of β-amino-alcohol motifs (C(OH)–C–C–N with tert-alkyl or cyclic N) is 1. The largest absolute Gasteiger partial charge is 0.493 e. The van der Waals surface area contributed by atoms with Crippen molar-refractivity contribution in [1.82, 2.24) is 4.90 Å². The molecule has 0 aromatic heterocycles. The number of hydrogen-bond acceptors (Lipinski definition) is 4.